The van der Waals surface area contributed by atoms with E-state index in [1.54, 1.807) is 29.9 Å². The molecule has 0 bridgehead atoms. The number of primary amides is 1. The van der Waals surface area contributed by atoms with E-state index in [4.69, 9.17) is 17.3 Å². The van der Waals surface area contributed by atoms with E-state index in [1.165, 1.54) is 0 Å². The minimum Gasteiger partial charge on any atom is -0.366 e. The maximum Gasteiger partial charge on any atom is 0.251 e. The Morgan fingerprint density at radius 2 is 2.08 bits per heavy atom. The second-order valence-corrected chi connectivity index (χ2v) is 6.24. The van der Waals surface area contributed by atoms with Crippen LogP contribution in [0, 0.1) is 11.3 Å². The van der Waals surface area contributed by atoms with Crippen molar-refractivity contribution in [1.82, 2.24) is 14.5 Å². The molecule has 0 aliphatic heterocycles. The molecule has 0 aliphatic rings. The summed E-state index contributed by atoms with van der Waals surface area (Å²) >= 11 is 5.94. The minimum absolute atomic E-state index is 0.286. The summed E-state index contributed by atoms with van der Waals surface area (Å²) in [5.41, 5.74) is 8.98. The summed E-state index contributed by atoms with van der Waals surface area (Å²) < 4.78 is 1.78. The van der Waals surface area contributed by atoms with Gasteiger partial charge >= 0.3 is 0 Å². The molecule has 3 heterocycles. The number of nitrogens with zero attached hydrogens (tertiary/aromatic N) is 4. The predicted octanol–water partition coefficient (Wildman–Crippen LogP) is 3.41. The fraction of sp³-hybridized carbons (Fsp3) is 0.0526. The van der Waals surface area contributed by atoms with Gasteiger partial charge in [0.2, 0.25) is 0 Å². The first kappa shape index (κ1) is 16.1. The summed E-state index contributed by atoms with van der Waals surface area (Å²) in [5.74, 6) is -0.607. The first-order chi connectivity index (χ1) is 12.5. The average Bonchev–Trinajstić information content (AvgIpc) is 2.94. The largest absolute Gasteiger partial charge is 0.366 e. The zero-order valence-corrected chi connectivity index (χ0v) is 14.4. The van der Waals surface area contributed by atoms with Crippen molar-refractivity contribution in [3.05, 3.63) is 58.9 Å². The van der Waals surface area contributed by atoms with Crippen LogP contribution in [0.25, 0.3) is 33.2 Å². The number of nitriles is 1. The fourth-order valence-electron chi connectivity index (χ4n) is 3.26. The van der Waals surface area contributed by atoms with Gasteiger partial charge in [0.15, 0.2) is 0 Å². The first-order valence-corrected chi connectivity index (χ1v) is 8.13. The maximum atomic E-state index is 12.2. The number of halogens is 1. The molecule has 0 saturated heterocycles. The van der Waals surface area contributed by atoms with Gasteiger partial charge in [-0.3, -0.25) is 4.79 Å². The maximum absolute atomic E-state index is 12.2. The number of pyridine rings is 2. The number of hydrogen-bond acceptors (Lipinski definition) is 4. The molecule has 26 heavy (non-hydrogen) atoms. The molecule has 0 fully saturated rings. The topological polar surface area (TPSA) is 97.6 Å². The third-order valence-electron chi connectivity index (χ3n) is 4.37. The molecule has 1 aromatic carbocycles. The van der Waals surface area contributed by atoms with Gasteiger partial charge in [-0.1, -0.05) is 17.7 Å². The van der Waals surface area contributed by atoms with Crippen LogP contribution in [0.1, 0.15) is 15.9 Å². The molecular weight excluding hydrogens is 350 g/mol. The number of fused-ring (bicyclic) bond motifs is 2. The van der Waals surface area contributed by atoms with E-state index >= 15 is 0 Å². The van der Waals surface area contributed by atoms with Gasteiger partial charge in [0.1, 0.15) is 10.8 Å². The SMILES string of the molecule is Cn1c(-c2ccc3nc(Cl)ccc3c2)c(C(N)=O)c2c(C#N)ccnc21. The van der Waals surface area contributed by atoms with Gasteiger partial charge in [0.05, 0.1) is 33.8 Å². The standard InChI is InChI=1S/C19H12ClN5O/c1-25-17(11-2-4-13-10(8-11)3-5-14(20)24-13)16(18(22)26)15-12(9-21)6-7-23-19(15)25/h2-8H,1H3,(H2,22,26). The Morgan fingerprint density at radius 1 is 1.27 bits per heavy atom. The summed E-state index contributed by atoms with van der Waals surface area (Å²) in [6, 6.07) is 12.8. The van der Waals surface area contributed by atoms with Crippen molar-refractivity contribution in [2.75, 3.05) is 0 Å². The Balaban J connectivity index is 2.10. The van der Waals surface area contributed by atoms with Crippen LogP contribution in [0.2, 0.25) is 5.15 Å². The van der Waals surface area contributed by atoms with E-state index < -0.39 is 5.91 Å². The molecule has 0 spiro atoms. The Labute approximate surface area is 153 Å². The van der Waals surface area contributed by atoms with Gasteiger partial charge in [-0.25, -0.2) is 9.97 Å². The zero-order valence-electron chi connectivity index (χ0n) is 13.7. The predicted molar refractivity (Wildman–Crippen MR) is 99.7 cm³/mol. The highest BCUT2D eigenvalue weighted by Crippen LogP contribution is 2.34. The molecule has 7 heteroatoms. The molecular formula is C19H12ClN5O. The molecule has 0 aliphatic carbocycles. The van der Waals surface area contributed by atoms with Crippen LogP contribution in [0.4, 0.5) is 0 Å². The van der Waals surface area contributed by atoms with Crippen molar-refractivity contribution in [3.63, 3.8) is 0 Å². The average molecular weight is 362 g/mol. The van der Waals surface area contributed by atoms with Crippen molar-refractivity contribution in [1.29, 1.82) is 5.26 Å². The number of amides is 1. The minimum atomic E-state index is -0.607. The van der Waals surface area contributed by atoms with Crippen LogP contribution in [-0.2, 0) is 7.05 Å². The Hall–Kier alpha value is -3.43. The molecule has 1 amide bonds. The van der Waals surface area contributed by atoms with E-state index in [0.29, 0.717) is 27.4 Å². The summed E-state index contributed by atoms with van der Waals surface area (Å²) in [5, 5.41) is 11.2. The van der Waals surface area contributed by atoms with E-state index in [1.807, 2.05) is 24.3 Å². The van der Waals surface area contributed by atoms with Crippen LogP contribution < -0.4 is 5.73 Å². The molecule has 6 nitrogen and oxygen atoms in total. The normalized spacial score (nSPS) is 11.0. The summed E-state index contributed by atoms with van der Waals surface area (Å²) in [6.45, 7) is 0. The van der Waals surface area contributed by atoms with Gasteiger partial charge in [-0.15, -0.1) is 0 Å². The molecule has 4 aromatic rings. The summed E-state index contributed by atoms with van der Waals surface area (Å²) in [7, 11) is 1.79. The lowest BCUT2D eigenvalue weighted by atomic mass is 10.0. The summed E-state index contributed by atoms with van der Waals surface area (Å²) in [6.07, 6.45) is 1.54. The lowest BCUT2D eigenvalue weighted by molar-refractivity contribution is 0.100. The molecule has 3 aromatic heterocycles. The molecule has 2 N–H and O–H groups in total. The lowest BCUT2D eigenvalue weighted by Crippen LogP contribution is -2.12. The van der Waals surface area contributed by atoms with E-state index in [0.717, 1.165) is 16.5 Å². The van der Waals surface area contributed by atoms with Crippen LogP contribution in [0.5, 0.6) is 0 Å². The second kappa shape index (κ2) is 5.83. The van der Waals surface area contributed by atoms with Crippen molar-refractivity contribution in [2.24, 2.45) is 12.8 Å². The quantitative estimate of drug-likeness (QED) is 0.553. The molecule has 4 rings (SSSR count). The van der Waals surface area contributed by atoms with Gasteiger partial charge < -0.3 is 10.3 Å². The lowest BCUT2D eigenvalue weighted by Gasteiger charge is -2.08. The van der Waals surface area contributed by atoms with Crippen LogP contribution in [0.15, 0.2) is 42.6 Å². The number of aromatic nitrogens is 3. The van der Waals surface area contributed by atoms with Crippen LogP contribution in [-0.4, -0.2) is 20.4 Å². The number of hydrogen-bond donors (Lipinski definition) is 1. The second-order valence-electron chi connectivity index (χ2n) is 5.86. The van der Waals surface area contributed by atoms with Crippen molar-refractivity contribution < 1.29 is 4.79 Å². The third kappa shape index (κ3) is 2.30. The zero-order chi connectivity index (χ0) is 18.4. The van der Waals surface area contributed by atoms with Crippen LogP contribution >= 0.6 is 11.6 Å². The highest BCUT2D eigenvalue weighted by Gasteiger charge is 2.24. The van der Waals surface area contributed by atoms with Crippen molar-refractivity contribution in [2.45, 2.75) is 0 Å². The highest BCUT2D eigenvalue weighted by atomic mass is 35.5. The molecule has 126 valence electrons. The Morgan fingerprint density at radius 3 is 2.81 bits per heavy atom. The molecule has 0 atom stereocenters. The Bertz CT molecular complexity index is 1250. The van der Waals surface area contributed by atoms with Crippen molar-refractivity contribution in [3.8, 4) is 17.3 Å². The van der Waals surface area contributed by atoms with Crippen molar-refractivity contribution >= 4 is 39.4 Å². The van der Waals surface area contributed by atoms with Gasteiger partial charge in [-0.2, -0.15) is 5.26 Å². The van der Waals surface area contributed by atoms with E-state index in [2.05, 4.69) is 16.0 Å². The number of nitrogens with two attached hydrogens (primary N) is 1. The number of rotatable bonds is 2. The molecule has 0 unspecified atom stereocenters. The smallest absolute Gasteiger partial charge is 0.251 e. The van der Waals surface area contributed by atoms with Crippen LogP contribution in [0.3, 0.4) is 0 Å². The van der Waals surface area contributed by atoms with E-state index in [-0.39, 0.29) is 5.56 Å². The highest BCUT2D eigenvalue weighted by molar-refractivity contribution is 6.29. The number of benzene rings is 1. The van der Waals surface area contributed by atoms with Gasteiger partial charge in [0, 0.05) is 18.6 Å². The Kier molecular flexibility index (Phi) is 3.60. The first-order valence-electron chi connectivity index (χ1n) is 7.75. The monoisotopic (exact) mass is 361 g/mol. The molecule has 0 radical (unpaired) electrons. The summed E-state index contributed by atoms with van der Waals surface area (Å²) in [4.78, 5) is 20.8. The van der Waals surface area contributed by atoms with Gasteiger partial charge in [-0.05, 0) is 35.9 Å². The fourth-order valence-corrected chi connectivity index (χ4v) is 3.42. The van der Waals surface area contributed by atoms with E-state index in [9.17, 15) is 10.1 Å². The molecule has 0 saturated carbocycles. The van der Waals surface area contributed by atoms with Gasteiger partial charge in [0.25, 0.3) is 5.91 Å². The number of carbonyl (C=O) groups excluding carboxylic acids is 1. The number of carbonyl (C=O) groups is 1. The third-order valence-corrected chi connectivity index (χ3v) is 4.58. The number of aryl methyl sites for hydroxylation is 1.